The number of carbonyl (C=O) groups excluding carboxylic acids is 1. The molecular weight excluding hydrogens is 430 g/mol. The van der Waals surface area contributed by atoms with Gasteiger partial charge < -0.3 is 4.74 Å². The van der Waals surface area contributed by atoms with Gasteiger partial charge in [0.2, 0.25) is 5.82 Å². The molecule has 2 saturated carbocycles. The molecule has 2 aliphatic carbocycles. The SMILES string of the molecule is C=CCCc1ccc(OC(=O)c2ccc(C3CCC4CC(/C=C/C)CCC4C3)cc2)c(F)c1F. The first kappa shape index (κ1) is 24.4. The first-order chi connectivity index (χ1) is 16.5. The molecule has 0 bridgehead atoms. The Balaban J connectivity index is 1.37. The normalized spacial score (nSPS) is 24.6. The summed E-state index contributed by atoms with van der Waals surface area (Å²) in [5.41, 5.74) is 1.82. The molecule has 0 N–H and O–H groups in total. The molecule has 0 aromatic heterocycles. The van der Waals surface area contributed by atoms with E-state index in [1.807, 2.05) is 12.1 Å². The van der Waals surface area contributed by atoms with Gasteiger partial charge in [0.1, 0.15) is 0 Å². The number of aryl methyl sites for hydroxylation is 1. The number of fused-ring (bicyclic) bond motifs is 1. The van der Waals surface area contributed by atoms with E-state index < -0.39 is 17.6 Å². The zero-order chi connectivity index (χ0) is 24.1. The Morgan fingerprint density at radius 1 is 1.00 bits per heavy atom. The highest BCUT2D eigenvalue weighted by Crippen LogP contribution is 2.47. The summed E-state index contributed by atoms with van der Waals surface area (Å²) in [7, 11) is 0. The average Bonchev–Trinajstić information content (AvgIpc) is 2.86. The lowest BCUT2D eigenvalue weighted by Gasteiger charge is -2.41. The molecule has 2 fully saturated rings. The van der Waals surface area contributed by atoms with Crippen LogP contribution in [0.3, 0.4) is 0 Å². The highest BCUT2D eigenvalue weighted by Gasteiger charge is 2.35. The fraction of sp³-hybridized carbons (Fsp3) is 0.433. The lowest BCUT2D eigenvalue weighted by atomic mass is 9.64. The lowest BCUT2D eigenvalue weighted by Crippen LogP contribution is -2.30. The van der Waals surface area contributed by atoms with E-state index in [4.69, 9.17) is 4.74 Å². The number of rotatable bonds is 7. The van der Waals surface area contributed by atoms with Gasteiger partial charge in [0.25, 0.3) is 0 Å². The Bertz CT molecular complexity index is 1040. The van der Waals surface area contributed by atoms with Crippen LogP contribution in [-0.2, 0) is 6.42 Å². The molecule has 0 saturated heterocycles. The maximum Gasteiger partial charge on any atom is 0.343 e. The van der Waals surface area contributed by atoms with Crippen molar-refractivity contribution in [1.29, 1.82) is 0 Å². The van der Waals surface area contributed by atoms with Crippen LogP contribution >= 0.6 is 0 Å². The molecule has 4 unspecified atom stereocenters. The van der Waals surface area contributed by atoms with Crippen molar-refractivity contribution < 1.29 is 18.3 Å². The van der Waals surface area contributed by atoms with Gasteiger partial charge in [-0.05, 0) is 111 Å². The number of halogens is 2. The van der Waals surface area contributed by atoms with E-state index in [1.165, 1.54) is 56.2 Å². The maximum atomic E-state index is 14.4. The van der Waals surface area contributed by atoms with Gasteiger partial charge in [-0.15, -0.1) is 6.58 Å². The highest BCUT2D eigenvalue weighted by molar-refractivity contribution is 5.91. The van der Waals surface area contributed by atoms with Crippen molar-refractivity contribution in [2.24, 2.45) is 17.8 Å². The Morgan fingerprint density at radius 3 is 2.47 bits per heavy atom. The third-order valence-electron chi connectivity index (χ3n) is 7.68. The number of carbonyl (C=O) groups is 1. The van der Waals surface area contributed by atoms with Crippen molar-refractivity contribution in [3.05, 3.63) is 89.5 Å². The van der Waals surface area contributed by atoms with Crippen molar-refractivity contribution >= 4 is 5.97 Å². The van der Waals surface area contributed by atoms with Gasteiger partial charge in [0.05, 0.1) is 5.56 Å². The van der Waals surface area contributed by atoms with E-state index in [0.717, 1.165) is 17.8 Å². The second-order valence-corrected chi connectivity index (χ2v) is 9.82. The first-order valence-corrected chi connectivity index (χ1v) is 12.5. The number of hydrogen-bond acceptors (Lipinski definition) is 2. The van der Waals surface area contributed by atoms with Crippen LogP contribution in [0, 0.1) is 29.4 Å². The number of benzene rings is 2. The van der Waals surface area contributed by atoms with Crippen molar-refractivity contribution in [2.75, 3.05) is 0 Å². The Morgan fingerprint density at radius 2 is 1.74 bits per heavy atom. The van der Waals surface area contributed by atoms with Crippen LogP contribution in [0.1, 0.15) is 79.3 Å². The van der Waals surface area contributed by atoms with Crippen LogP contribution in [0.4, 0.5) is 8.78 Å². The summed E-state index contributed by atoms with van der Waals surface area (Å²) < 4.78 is 33.8. The van der Waals surface area contributed by atoms with E-state index in [0.29, 0.717) is 24.3 Å². The second kappa shape index (κ2) is 11.1. The van der Waals surface area contributed by atoms with Crippen molar-refractivity contribution in [1.82, 2.24) is 0 Å². The van der Waals surface area contributed by atoms with E-state index >= 15 is 0 Å². The fourth-order valence-electron chi connectivity index (χ4n) is 5.83. The Kier molecular flexibility index (Phi) is 7.97. The first-order valence-electron chi connectivity index (χ1n) is 12.5. The van der Waals surface area contributed by atoms with E-state index in [-0.39, 0.29) is 11.3 Å². The summed E-state index contributed by atoms with van der Waals surface area (Å²) in [5.74, 6) is -0.300. The van der Waals surface area contributed by atoms with Crippen LogP contribution in [0.15, 0.2) is 61.2 Å². The molecule has 0 heterocycles. The summed E-state index contributed by atoms with van der Waals surface area (Å²) in [4.78, 5) is 12.6. The lowest BCUT2D eigenvalue weighted by molar-refractivity contribution is 0.0726. The van der Waals surface area contributed by atoms with E-state index in [2.05, 4.69) is 25.7 Å². The number of ether oxygens (including phenoxy) is 1. The summed E-state index contributed by atoms with van der Waals surface area (Å²) >= 11 is 0. The zero-order valence-corrected chi connectivity index (χ0v) is 19.9. The topological polar surface area (TPSA) is 26.3 Å². The molecule has 0 radical (unpaired) electrons. The Labute approximate surface area is 201 Å². The molecule has 180 valence electrons. The molecule has 0 amide bonds. The molecule has 2 aliphatic rings. The molecule has 34 heavy (non-hydrogen) atoms. The van der Waals surface area contributed by atoms with Crippen molar-refractivity contribution in [3.63, 3.8) is 0 Å². The van der Waals surface area contributed by atoms with Gasteiger partial charge in [-0.3, -0.25) is 0 Å². The smallest absolute Gasteiger partial charge is 0.343 e. The van der Waals surface area contributed by atoms with Gasteiger partial charge in [-0.1, -0.05) is 36.4 Å². The van der Waals surface area contributed by atoms with E-state index in [9.17, 15) is 13.6 Å². The van der Waals surface area contributed by atoms with Gasteiger partial charge >= 0.3 is 5.97 Å². The average molecular weight is 465 g/mol. The maximum absolute atomic E-state index is 14.4. The van der Waals surface area contributed by atoms with Gasteiger partial charge in [0.15, 0.2) is 11.6 Å². The van der Waals surface area contributed by atoms with Crippen molar-refractivity contribution in [3.8, 4) is 5.75 Å². The van der Waals surface area contributed by atoms with Gasteiger partial charge in [-0.25, -0.2) is 9.18 Å². The number of hydrogen-bond donors (Lipinski definition) is 0. The molecular formula is C30H34F2O2. The third-order valence-corrected chi connectivity index (χ3v) is 7.68. The molecule has 4 atom stereocenters. The third kappa shape index (κ3) is 5.48. The molecule has 2 nitrogen and oxygen atoms in total. The monoisotopic (exact) mass is 464 g/mol. The summed E-state index contributed by atoms with van der Waals surface area (Å²) in [6.07, 6.45) is 14.7. The van der Waals surface area contributed by atoms with Crippen LogP contribution in [0.25, 0.3) is 0 Å². The largest absolute Gasteiger partial charge is 0.420 e. The predicted octanol–water partition coefficient (Wildman–Crippen LogP) is 8.18. The van der Waals surface area contributed by atoms with Crippen LogP contribution < -0.4 is 4.74 Å². The molecule has 4 rings (SSSR count). The number of esters is 1. The van der Waals surface area contributed by atoms with Gasteiger partial charge in [-0.2, -0.15) is 4.39 Å². The zero-order valence-electron chi connectivity index (χ0n) is 19.9. The second-order valence-electron chi connectivity index (χ2n) is 9.82. The van der Waals surface area contributed by atoms with Crippen LogP contribution in [-0.4, -0.2) is 5.97 Å². The van der Waals surface area contributed by atoms with Crippen LogP contribution in [0.2, 0.25) is 0 Å². The summed E-state index contributed by atoms with van der Waals surface area (Å²) in [6.45, 7) is 5.70. The summed E-state index contributed by atoms with van der Waals surface area (Å²) in [5, 5.41) is 0. The summed E-state index contributed by atoms with van der Waals surface area (Å²) in [6, 6.07) is 10.2. The van der Waals surface area contributed by atoms with Crippen LogP contribution in [0.5, 0.6) is 5.75 Å². The van der Waals surface area contributed by atoms with Gasteiger partial charge in [0, 0.05) is 0 Å². The van der Waals surface area contributed by atoms with Crippen molar-refractivity contribution in [2.45, 2.75) is 64.2 Å². The number of allylic oxidation sites excluding steroid dienone is 3. The molecule has 4 heteroatoms. The predicted molar refractivity (Wildman–Crippen MR) is 132 cm³/mol. The molecule has 2 aromatic carbocycles. The van der Waals surface area contributed by atoms with E-state index in [1.54, 1.807) is 18.2 Å². The molecule has 0 spiro atoms. The Hall–Kier alpha value is -2.75. The highest BCUT2D eigenvalue weighted by atomic mass is 19.2. The minimum atomic E-state index is -1.13. The minimum Gasteiger partial charge on any atom is -0.420 e. The minimum absolute atomic E-state index is 0.242. The molecule has 2 aromatic rings. The molecule has 0 aliphatic heterocycles. The standard InChI is InChI=1S/C30H34F2O2/c1-3-5-7-22-16-17-27(29(32)28(22)31)34-30(33)23-12-10-21(11-13-23)25-15-14-24-18-20(6-4-2)8-9-26(24)19-25/h3-4,6,10-13,16-17,20,24-26H,1,5,7-9,14-15,18-19H2,2H3/b6-4+. The fourth-order valence-corrected chi connectivity index (χ4v) is 5.83. The quantitative estimate of drug-likeness (QED) is 0.235.